The maximum absolute atomic E-state index is 5.09. The Kier molecular flexibility index (Phi) is 7.49. The molecule has 0 bridgehead atoms. The predicted molar refractivity (Wildman–Crippen MR) is 207 cm³/mol. The van der Waals surface area contributed by atoms with E-state index in [0.29, 0.717) is 17.5 Å². The molecular weight excluding hydrogens is 607 g/mol. The van der Waals surface area contributed by atoms with Crippen LogP contribution in [0.5, 0.6) is 0 Å². The topological polar surface area (TPSA) is 38.7 Å². The van der Waals surface area contributed by atoms with Crippen molar-refractivity contribution in [3.8, 4) is 67.5 Å². The lowest BCUT2D eigenvalue weighted by Gasteiger charge is -2.16. The number of benzene rings is 8. The lowest BCUT2D eigenvalue weighted by molar-refractivity contribution is 1.07. The molecule has 0 amide bonds. The molecule has 9 rings (SSSR count). The normalized spacial score (nSPS) is 11.2. The molecule has 0 aliphatic heterocycles. The van der Waals surface area contributed by atoms with Crippen LogP contribution in [0.25, 0.3) is 89.1 Å². The highest BCUT2D eigenvalue weighted by atomic mass is 15.0. The number of hydrogen-bond donors (Lipinski definition) is 0. The second-order valence-corrected chi connectivity index (χ2v) is 12.5. The van der Waals surface area contributed by atoms with Crippen molar-refractivity contribution in [2.24, 2.45) is 0 Å². The van der Waals surface area contributed by atoms with E-state index in [-0.39, 0.29) is 0 Å². The van der Waals surface area contributed by atoms with Crippen molar-refractivity contribution >= 4 is 21.5 Å². The summed E-state index contributed by atoms with van der Waals surface area (Å²) < 4.78 is 0. The highest BCUT2D eigenvalue weighted by Crippen LogP contribution is 2.40. The zero-order chi connectivity index (χ0) is 33.3. The van der Waals surface area contributed by atoms with Crippen molar-refractivity contribution in [1.82, 2.24) is 15.0 Å². The molecule has 0 radical (unpaired) electrons. The minimum atomic E-state index is 0.636. The van der Waals surface area contributed by atoms with Gasteiger partial charge in [-0.2, -0.15) is 0 Å². The Morgan fingerprint density at radius 1 is 0.240 bits per heavy atom. The Balaban J connectivity index is 1.22. The third-order valence-corrected chi connectivity index (χ3v) is 9.31. The quantitative estimate of drug-likeness (QED) is 0.182. The second-order valence-electron chi connectivity index (χ2n) is 12.5. The molecule has 8 aromatic carbocycles. The van der Waals surface area contributed by atoms with Crippen LogP contribution in [0.2, 0.25) is 0 Å². The smallest absolute Gasteiger partial charge is 0.164 e. The second kappa shape index (κ2) is 12.7. The molecule has 0 aliphatic carbocycles. The Morgan fingerprint density at radius 3 is 1.56 bits per heavy atom. The van der Waals surface area contributed by atoms with E-state index in [1.165, 1.54) is 38.4 Å². The van der Waals surface area contributed by atoms with Gasteiger partial charge >= 0.3 is 0 Å². The summed E-state index contributed by atoms with van der Waals surface area (Å²) in [4.78, 5) is 15.1. The fourth-order valence-electron chi connectivity index (χ4n) is 6.79. The van der Waals surface area contributed by atoms with Crippen LogP contribution in [-0.2, 0) is 0 Å². The molecule has 0 unspecified atom stereocenters. The van der Waals surface area contributed by atoms with Gasteiger partial charge in [-0.1, -0.05) is 170 Å². The van der Waals surface area contributed by atoms with Crippen LogP contribution in [-0.4, -0.2) is 15.0 Å². The first-order chi connectivity index (χ1) is 24.8. The van der Waals surface area contributed by atoms with Gasteiger partial charge in [-0.25, -0.2) is 15.0 Å². The lowest BCUT2D eigenvalue weighted by atomic mass is 9.88. The fraction of sp³-hybridized carbons (Fsp3) is 0. The van der Waals surface area contributed by atoms with E-state index < -0.39 is 0 Å². The minimum absolute atomic E-state index is 0.636. The van der Waals surface area contributed by atoms with Gasteiger partial charge in [-0.3, -0.25) is 0 Å². The zero-order valence-corrected chi connectivity index (χ0v) is 27.2. The van der Waals surface area contributed by atoms with Gasteiger partial charge in [-0.05, 0) is 73.1 Å². The molecule has 0 saturated heterocycles. The molecule has 1 aromatic heterocycles. The maximum atomic E-state index is 5.09. The predicted octanol–water partition coefficient (Wildman–Crippen LogP) is 12.2. The van der Waals surface area contributed by atoms with Crippen molar-refractivity contribution in [3.05, 3.63) is 188 Å². The van der Waals surface area contributed by atoms with Gasteiger partial charge in [0.1, 0.15) is 0 Å². The van der Waals surface area contributed by atoms with E-state index >= 15 is 0 Å². The number of aromatic nitrogens is 3. The van der Waals surface area contributed by atoms with E-state index in [2.05, 4.69) is 158 Å². The number of nitrogens with zero attached hydrogens (tertiary/aromatic N) is 3. The molecule has 0 spiro atoms. The van der Waals surface area contributed by atoms with Gasteiger partial charge in [0.2, 0.25) is 0 Å². The fourth-order valence-corrected chi connectivity index (χ4v) is 6.79. The van der Waals surface area contributed by atoms with Crippen LogP contribution in [0.4, 0.5) is 0 Å². The van der Waals surface area contributed by atoms with E-state index in [9.17, 15) is 0 Å². The SMILES string of the molecule is c1ccc(-c2ccc(-c3cccc(-c4nc(-c5ccccc5)nc(-c5ccc6ccccc6c5)n4)c3)c(-c3cccc4ccccc34)c2)cc1. The maximum Gasteiger partial charge on any atom is 0.164 e. The average molecular weight is 638 g/mol. The average Bonchev–Trinajstić information content (AvgIpc) is 3.21. The summed E-state index contributed by atoms with van der Waals surface area (Å²) in [6, 6.07) is 66.0. The van der Waals surface area contributed by atoms with Gasteiger partial charge in [0.15, 0.2) is 17.5 Å². The molecule has 0 N–H and O–H groups in total. The number of fused-ring (bicyclic) bond motifs is 2. The summed E-state index contributed by atoms with van der Waals surface area (Å²) in [5, 5.41) is 4.77. The molecule has 234 valence electrons. The van der Waals surface area contributed by atoms with Crippen LogP contribution in [0.1, 0.15) is 0 Å². The Morgan fingerprint density at radius 2 is 0.780 bits per heavy atom. The van der Waals surface area contributed by atoms with Crippen molar-refractivity contribution in [1.29, 1.82) is 0 Å². The third kappa shape index (κ3) is 5.61. The lowest BCUT2D eigenvalue weighted by Crippen LogP contribution is -2.00. The summed E-state index contributed by atoms with van der Waals surface area (Å²) >= 11 is 0. The standard InChI is InChI=1S/C47H31N3/c1-3-13-32(14-4-1)37-27-28-42(44(31-37)43-24-12-20-34-16-9-10-23-41(34)43)38-21-11-22-39(30-38)46-48-45(35-17-5-2-6-18-35)49-47(50-46)40-26-25-33-15-7-8-19-36(33)29-40/h1-31H. The molecule has 3 nitrogen and oxygen atoms in total. The first-order valence-corrected chi connectivity index (χ1v) is 16.9. The largest absolute Gasteiger partial charge is 0.208 e. The molecule has 0 aliphatic rings. The van der Waals surface area contributed by atoms with Gasteiger partial charge in [-0.15, -0.1) is 0 Å². The number of hydrogen-bond acceptors (Lipinski definition) is 3. The van der Waals surface area contributed by atoms with Crippen molar-refractivity contribution in [3.63, 3.8) is 0 Å². The van der Waals surface area contributed by atoms with Gasteiger partial charge in [0.05, 0.1) is 0 Å². The van der Waals surface area contributed by atoms with Crippen LogP contribution in [0.15, 0.2) is 188 Å². The summed E-state index contributed by atoms with van der Waals surface area (Å²) in [5.74, 6) is 1.93. The molecule has 0 saturated carbocycles. The molecule has 3 heteroatoms. The Hall–Kier alpha value is -6.71. The molecule has 0 atom stereocenters. The van der Waals surface area contributed by atoms with Crippen LogP contribution in [0, 0.1) is 0 Å². The highest BCUT2D eigenvalue weighted by Gasteiger charge is 2.16. The number of rotatable bonds is 6. The minimum Gasteiger partial charge on any atom is -0.208 e. The molecule has 9 aromatic rings. The van der Waals surface area contributed by atoms with Gasteiger partial charge < -0.3 is 0 Å². The molecular formula is C47H31N3. The molecule has 0 fully saturated rings. The van der Waals surface area contributed by atoms with Crippen LogP contribution >= 0.6 is 0 Å². The Labute approximate surface area is 291 Å². The van der Waals surface area contributed by atoms with E-state index in [1.807, 2.05) is 30.3 Å². The van der Waals surface area contributed by atoms with Gasteiger partial charge in [0.25, 0.3) is 0 Å². The zero-order valence-electron chi connectivity index (χ0n) is 27.2. The Bertz CT molecular complexity index is 2640. The van der Waals surface area contributed by atoms with Crippen molar-refractivity contribution < 1.29 is 0 Å². The third-order valence-electron chi connectivity index (χ3n) is 9.31. The summed E-state index contributed by atoms with van der Waals surface area (Å²) in [5.41, 5.74) is 9.82. The van der Waals surface area contributed by atoms with Crippen LogP contribution in [0.3, 0.4) is 0 Å². The van der Waals surface area contributed by atoms with E-state index in [4.69, 9.17) is 15.0 Å². The van der Waals surface area contributed by atoms with Crippen LogP contribution < -0.4 is 0 Å². The van der Waals surface area contributed by atoms with E-state index in [0.717, 1.165) is 33.2 Å². The van der Waals surface area contributed by atoms with Crippen molar-refractivity contribution in [2.75, 3.05) is 0 Å². The molecule has 50 heavy (non-hydrogen) atoms. The molecule has 1 heterocycles. The summed E-state index contributed by atoms with van der Waals surface area (Å²) in [6.07, 6.45) is 0. The van der Waals surface area contributed by atoms with Crippen molar-refractivity contribution in [2.45, 2.75) is 0 Å². The van der Waals surface area contributed by atoms with Gasteiger partial charge in [0, 0.05) is 16.7 Å². The first-order valence-electron chi connectivity index (χ1n) is 16.9. The highest BCUT2D eigenvalue weighted by molar-refractivity contribution is 6.01. The monoisotopic (exact) mass is 637 g/mol. The van der Waals surface area contributed by atoms with E-state index in [1.54, 1.807) is 0 Å². The summed E-state index contributed by atoms with van der Waals surface area (Å²) in [6.45, 7) is 0. The first kappa shape index (κ1) is 29.4. The summed E-state index contributed by atoms with van der Waals surface area (Å²) in [7, 11) is 0.